The maximum atomic E-state index is 13.5. The Balaban J connectivity index is 1.66. The minimum atomic E-state index is -0.0129. The van der Waals surface area contributed by atoms with E-state index < -0.39 is 0 Å². The third-order valence-corrected chi connectivity index (χ3v) is 6.31. The molecule has 0 N–H and O–H groups in total. The molecular weight excluding hydrogens is 398 g/mol. The molecule has 0 radical (unpaired) electrons. The van der Waals surface area contributed by atoms with Crippen LogP contribution in [-0.2, 0) is 4.74 Å². The summed E-state index contributed by atoms with van der Waals surface area (Å²) in [6.45, 7) is 8.68. The maximum absolute atomic E-state index is 13.5. The van der Waals surface area contributed by atoms with Gasteiger partial charge in [-0.05, 0) is 44.2 Å². The summed E-state index contributed by atoms with van der Waals surface area (Å²) in [6, 6.07) is 11.8. The van der Waals surface area contributed by atoms with Gasteiger partial charge >= 0.3 is 0 Å². The van der Waals surface area contributed by atoms with Crippen LogP contribution in [0, 0.1) is 13.8 Å². The van der Waals surface area contributed by atoms with Crippen molar-refractivity contribution in [3.63, 3.8) is 0 Å². The van der Waals surface area contributed by atoms with Crippen LogP contribution in [0.15, 0.2) is 36.4 Å². The average Bonchev–Trinajstić information content (AvgIpc) is 3.16. The maximum Gasteiger partial charge on any atom is 0.260 e. The largest absolute Gasteiger partial charge is 0.497 e. The van der Waals surface area contributed by atoms with E-state index in [9.17, 15) is 4.79 Å². The lowest BCUT2D eigenvalue weighted by atomic mass is 10.1. The zero-order chi connectivity index (χ0) is 21.1. The molecule has 0 atom stereocenters. The second-order valence-corrected chi connectivity index (χ2v) is 8.63. The Morgan fingerprint density at radius 2 is 1.90 bits per heavy atom. The number of carbonyl (C=O) groups excluding carboxylic acids is 1. The standard InChI is InChI=1S/C23H27N3O3S/c1-16-12-17(2)14-18(13-16)22(27)26(7-6-25-8-10-29-11-9-25)23-24-20-5-4-19(28-3)15-21(20)30-23/h4-5,12-15H,6-11H2,1-3H3. The van der Waals surface area contributed by atoms with Crippen molar-refractivity contribution in [3.8, 4) is 5.75 Å². The number of nitrogens with zero attached hydrogens (tertiary/aromatic N) is 3. The number of methoxy groups -OCH3 is 1. The first-order chi connectivity index (χ1) is 14.5. The number of hydrogen-bond donors (Lipinski definition) is 0. The monoisotopic (exact) mass is 425 g/mol. The van der Waals surface area contributed by atoms with Gasteiger partial charge in [0.25, 0.3) is 5.91 Å². The molecule has 30 heavy (non-hydrogen) atoms. The molecule has 4 rings (SSSR count). The first-order valence-corrected chi connectivity index (χ1v) is 11.0. The van der Waals surface area contributed by atoms with Crippen LogP contribution in [0.2, 0.25) is 0 Å². The van der Waals surface area contributed by atoms with Crippen molar-refractivity contribution in [1.82, 2.24) is 9.88 Å². The van der Waals surface area contributed by atoms with Crippen molar-refractivity contribution in [2.24, 2.45) is 0 Å². The molecule has 1 aliphatic rings. The van der Waals surface area contributed by atoms with Crippen LogP contribution in [-0.4, -0.2) is 62.3 Å². The Morgan fingerprint density at radius 1 is 1.17 bits per heavy atom. The van der Waals surface area contributed by atoms with E-state index >= 15 is 0 Å². The summed E-state index contributed by atoms with van der Waals surface area (Å²) in [5.41, 5.74) is 3.74. The number of morpholine rings is 1. The molecule has 1 aliphatic heterocycles. The van der Waals surface area contributed by atoms with Gasteiger partial charge < -0.3 is 9.47 Å². The molecule has 158 valence electrons. The number of carbonyl (C=O) groups is 1. The van der Waals surface area contributed by atoms with Gasteiger partial charge in [0, 0.05) is 31.7 Å². The smallest absolute Gasteiger partial charge is 0.260 e. The molecule has 1 fully saturated rings. The summed E-state index contributed by atoms with van der Waals surface area (Å²) in [6.07, 6.45) is 0. The van der Waals surface area contributed by atoms with E-state index in [2.05, 4.69) is 11.0 Å². The second kappa shape index (κ2) is 9.12. The minimum absolute atomic E-state index is 0.0129. The Morgan fingerprint density at radius 3 is 2.60 bits per heavy atom. The number of aromatic nitrogens is 1. The van der Waals surface area contributed by atoms with Gasteiger partial charge in [0.2, 0.25) is 0 Å². The molecule has 1 saturated heterocycles. The van der Waals surface area contributed by atoms with Crippen molar-refractivity contribution in [2.75, 3.05) is 51.4 Å². The molecule has 2 heterocycles. The van der Waals surface area contributed by atoms with Crippen LogP contribution in [0.5, 0.6) is 5.75 Å². The number of fused-ring (bicyclic) bond motifs is 1. The van der Waals surface area contributed by atoms with Crippen molar-refractivity contribution < 1.29 is 14.3 Å². The highest BCUT2D eigenvalue weighted by molar-refractivity contribution is 7.22. The highest BCUT2D eigenvalue weighted by Gasteiger charge is 2.23. The molecule has 1 aromatic heterocycles. The normalized spacial score (nSPS) is 14.8. The second-order valence-electron chi connectivity index (χ2n) is 7.62. The van der Waals surface area contributed by atoms with Gasteiger partial charge in [-0.25, -0.2) is 4.98 Å². The summed E-state index contributed by atoms with van der Waals surface area (Å²) in [7, 11) is 1.65. The fourth-order valence-corrected chi connectivity index (χ4v) is 4.76. The van der Waals surface area contributed by atoms with Gasteiger partial charge in [0.1, 0.15) is 5.75 Å². The number of amides is 1. The number of hydrogen-bond acceptors (Lipinski definition) is 6. The van der Waals surface area contributed by atoms with Crippen LogP contribution in [0.25, 0.3) is 10.2 Å². The number of thiazole rings is 1. The highest BCUT2D eigenvalue weighted by atomic mass is 32.1. The van der Waals surface area contributed by atoms with Crippen LogP contribution in [0.1, 0.15) is 21.5 Å². The SMILES string of the molecule is COc1ccc2nc(N(CCN3CCOCC3)C(=O)c3cc(C)cc(C)c3)sc2c1. The van der Waals surface area contributed by atoms with E-state index in [0.717, 1.165) is 65.1 Å². The molecule has 0 unspecified atom stereocenters. The van der Waals surface area contributed by atoms with Crippen molar-refractivity contribution in [2.45, 2.75) is 13.8 Å². The fraction of sp³-hybridized carbons (Fsp3) is 0.391. The van der Waals surface area contributed by atoms with Gasteiger partial charge in [0.15, 0.2) is 5.13 Å². The predicted molar refractivity (Wildman–Crippen MR) is 121 cm³/mol. The van der Waals surface area contributed by atoms with E-state index in [0.29, 0.717) is 12.1 Å². The Labute approximate surface area is 181 Å². The molecule has 1 amide bonds. The minimum Gasteiger partial charge on any atom is -0.497 e. The molecule has 0 spiro atoms. The number of anilines is 1. The molecule has 2 aromatic carbocycles. The molecule has 3 aromatic rings. The van der Waals surface area contributed by atoms with E-state index in [1.807, 2.05) is 49.1 Å². The lowest BCUT2D eigenvalue weighted by Crippen LogP contribution is -2.43. The lowest BCUT2D eigenvalue weighted by Gasteiger charge is -2.29. The van der Waals surface area contributed by atoms with Crippen LogP contribution in [0.4, 0.5) is 5.13 Å². The molecule has 6 nitrogen and oxygen atoms in total. The number of ether oxygens (including phenoxy) is 2. The van der Waals surface area contributed by atoms with Crippen LogP contribution in [0.3, 0.4) is 0 Å². The summed E-state index contributed by atoms with van der Waals surface area (Å²) < 4.78 is 11.8. The van der Waals surface area contributed by atoms with E-state index in [4.69, 9.17) is 14.5 Å². The molecular formula is C23H27N3O3S. The van der Waals surface area contributed by atoms with E-state index in [1.54, 1.807) is 7.11 Å². The summed E-state index contributed by atoms with van der Waals surface area (Å²) in [5.74, 6) is 0.777. The number of rotatable bonds is 6. The third kappa shape index (κ3) is 4.64. The summed E-state index contributed by atoms with van der Waals surface area (Å²) in [5, 5.41) is 0.718. The summed E-state index contributed by atoms with van der Waals surface area (Å²) >= 11 is 1.52. The lowest BCUT2D eigenvalue weighted by molar-refractivity contribution is 0.0391. The molecule has 0 aliphatic carbocycles. The number of aryl methyl sites for hydroxylation is 2. The summed E-state index contributed by atoms with van der Waals surface area (Å²) in [4.78, 5) is 22.5. The zero-order valence-electron chi connectivity index (χ0n) is 17.7. The first-order valence-electron chi connectivity index (χ1n) is 10.2. The van der Waals surface area contributed by atoms with Crippen LogP contribution < -0.4 is 9.64 Å². The van der Waals surface area contributed by atoms with E-state index in [1.165, 1.54) is 11.3 Å². The van der Waals surface area contributed by atoms with E-state index in [-0.39, 0.29) is 5.91 Å². The van der Waals surface area contributed by atoms with Crippen molar-refractivity contribution >= 4 is 32.6 Å². The van der Waals surface area contributed by atoms with Crippen molar-refractivity contribution in [3.05, 3.63) is 53.1 Å². The van der Waals surface area contributed by atoms with Gasteiger partial charge in [-0.15, -0.1) is 0 Å². The number of benzene rings is 2. The van der Waals surface area contributed by atoms with Gasteiger partial charge in [-0.2, -0.15) is 0 Å². The zero-order valence-corrected chi connectivity index (χ0v) is 18.5. The van der Waals surface area contributed by atoms with Gasteiger partial charge in [0.05, 0.1) is 30.5 Å². The quantitative estimate of drug-likeness (QED) is 0.600. The van der Waals surface area contributed by atoms with Crippen molar-refractivity contribution in [1.29, 1.82) is 0 Å². The fourth-order valence-electron chi connectivity index (χ4n) is 3.74. The Kier molecular flexibility index (Phi) is 6.32. The van der Waals surface area contributed by atoms with Gasteiger partial charge in [-0.1, -0.05) is 28.5 Å². The predicted octanol–water partition coefficient (Wildman–Crippen LogP) is 3.90. The third-order valence-electron chi connectivity index (χ3n) is 5.27. The highest BCUT2D eigenvalue weighted by Crippen LogP contribution is 2.32. The average molecular weight is 426 g/mol. The Bertz CT molecular complexity index is 1020. The van der Waals surface area contributed by atoms with Crippen LogP contribution >= 0.6 is 11.3 Å². The van der Waals surface area contributed by atoms with Gasteiger partial charge in [-0.3, -0.25) is 14.6 Å². The Hall–Kier alpha value is -2.48. The first kappa shape index (κ1) is 20.8. The molecule has 0 bridgehead atoms. The molecule has 0 saturated carbocycles. The topological polar surface area (TPSA) is 54.9 Å². The molecule has 7 heteroatoms.